The number of aromatic carboxylic acids is 1. The second-order valence-electron chi connectivity index (χ2n) is 8.39. The van der Waals surface area contributed by atoms with Crippen LogP contribution in [0.2, 0.25) is 5.15 Å². The van der Waals surface area contributed by atoms with E-state index in [-0.39, 0.29) is 34.9 Å². The molecule has 2 aromatic heterocycles. The first-order chi connectivity index (χ1) is 16.5. The van der Waals surface area contributed by atoms with Crippen LogP contribution in [0, 0.1) is 18.3 Å². The summed E-state index contributed by atoms with van der Waals surface area (Å²) in [6.45, 7) is 4.13. The molecule has 11 heteroatoms. The van der Waals surface area contributed by atoms with E-state index in [0.29, 0.717) is 29.1 Å². The Balaban J connectivity index is 2.04. The van der Waals surface area contributed by atoms with E-state index in [4.69, 9.17) is 16.6 Å². The van der Waals surface area contributed by atoms with Gasteiger partial charge in [0.2, 0.25) is 5.91 Å². The molecular formula is C24H26ClN7O3. The topological polar surface area (TPSA) is 135 Å². The SMILES string of the molecule is Cc1cc([C@@H](C)Nc2ccc(Cl)nc2C(=O)O)c2nc(N(C)CCC(=O)N(C)C)c(C#N)nc2c1. The van der Waals surface area contributed by atoms with Gasteiger partial charge in [-0.1, -0.05) is 17.7 Å². The van der Waals surface area contributed by atoms with Crippen LogP contribution in [-0.4, -0.2) is 64.5 Å². The van der Waals surface area contributed by atoms with E-state index in [0.717, 1.165) is 11.1 Å². The lowest BCUT2D eigenvalue weighted by Gasteiger charge is -2.22. The number of benzene rings is 1. The largest absolute Gasteiger partial charge is 0.476 e. The summed E-state index contributed by atoms with van der Waals surface area (Å²) in [5.74, 6) is -0.877. The average Bonchev–Trinajstić information content (AvgIpc) is 2.81. The summed E-state index contributed by atoms with van der Waals surface area (Å²) in [4.78, 5) is 40.1. The highest BCUT2D eigenvalue weighted by molar-refractivity contribution is 6.29. The van der Waals surface area contributed by atoms with Gasteiger partial charge in [0.1, 0.15) is 11.2 Å². The zero-order valence-electron chi connectivity index (χ0n) is 20.1. The molecule has 1 amide bonds. The van der Waals surface area contributed by atoms with Gasteiger partial charge in [0, 0.05) is 39.7 Å². The molecule has 2 N–H and O–H groups in total. The number of aryl methyl sites for hydroxylation is 1. The highest BCUT2D eigenvalue weighted by Gasteiger charge is 2.21. The quantitative estimate of drug-likeness (QED) is 0.449. The third-order valence-electron chi connectivity index (χ3n) is 5.46. The molecule has 0 aliphatic heterocycles. The van der Waals surface area contributed by atoms with Gasteiger partial charge in [-0.15, -0.1) is 0 Å². The number of carbonyl (C=O) groups is 2. The van der Waals surface area contributed by atoms with Crippen LogP contribution in [0.4, 0.5) is 11.5 Å². The molecule has 0 aliphatic rings. The number of halogens is 1. The van der Waals surface area contributed by atoms with Crippen LogP contribution in [0.5, 0.6) is 0 Å². The fourth-order valence-corrected chi connectivity index (χ4v) is 3.76. The Kier molecular flexibility index (Phi) is 7.71. The van der Waals surface area contributed by atoms with Crippen molar-refractivity contribution in [2.75, 3.05) is 37.9 Å². The normalized spacial score (nSPS) is 11.6. The molecule has 0 unspecified atom stereocenters. The molecule has 1 atom stereocenters. The van der Waals surface area contributed by atoms with Gasteiger partial charge < -0.3 is 20.2 Å². The van der Waals surface area contributed by atoms with Crippen LogP contribution >= 0.6 is 11.6 Å². The van der Waals surface area contributed by atoms with Gasteiger partial charge in [0.15, 0.2) is 17.2 Å². The van der Waals surface area contributed by atoms with Gasteiger partial charge in [-0.3, -0.25) is 4.79 Å². The number of carboxylic acids is 1. The first-order valence-corrected chi connectivity index (χ1v) is 11.2. The molecule has 0 radical (unpaired) electrons. The molecule has 0 aliphatic carbocycles. The minimum Gasteiger partial charge on any atom is -0.476 e. The van der Waals surface area contributed by atoms with E-state index in [2.05, 4.69) is 21.4 Å². The number of carboxylic acid groups (broad SMARTS) is 1. The molecule has 35 heavy (non-hydrogen) atoms. The Morgan fingerprint density at radius 2 is 1.91 bits per heavy atom. The standard InChI is InChI=1S/C24H26ClN7O3/c1-13-10-15(14(2)27-16-6-7-19(25)29-22(16)24(34)35)21-17(11-13)28-18(12-26)23(30-21)32(5)9-8-20(33)31(3)4/h6-7,10-11,14,27H,8-9H2,1-5H3,(H,34,35)/t14-/m1/s1. The molecule has 182 valence electrons. The van der Waals surface area contributed by atoms with Gasteiger partial charge in [-0.2, -0.15) is 5.26 Å². The average molecular weight is 496 g/mol. The first kappa shape index (κ1) is 25.6. The minimum atomic E-state index is -1.20. The van der Waals surface area contributed by atoms with Crippen LogP contribution in [0.1, 0.15) is 46.7 Å². The van der Waals surface area contributed by atoms with Gasteiger partial charge in [0.05, 0.1) is 22.8 Å². The molecule has 0 saturated heterocycles. The number of nitriles is 1. The number of nitrogens with zero attached hydrogens (tertiary/aromatic N) is 6. The molecule has 10 nitrogen and oxygen atoms in total. The lowest BCUT2D eigenvalue weighted by molar-refractivity contribution is -0.128. The first-order valence-electron chi connectivity index (χ1n) is 10.8. The lowest BCUT2D eigenvalue weighted by atomic mass is 10.0. The van der Waals surface area contributed by atoms with E-state index in [1.54, 1.807) is 32.1 Å². The summed E-state index contributed by atoms with van der Waals surface area (Å²) in [7, 11) is 5.13. The van der Waals surface area contributed by atoms with E-state index in [9.17, 15) is 20.0 Å². The van der Waals surface area contributed by atoms with Gasteiger partial charge in [0.25, 0.3) is 0 Å². The number of amides is 1. The Labute approximate surface area is 208 Å². The maximum absolute atomic E-state index is 12.0. The smallest absolute Gasteiger partial charge is 0.356 e. The molecule has 0 spiro atoms. The molecule has 2 heterocycles. The predicted octanol–water partition coefficient (Wildman–Crippen LogP) is 3.64. The number of anilines is 2. The zero-order valence-corrected chi connectivity index (χ0v) is 20.9. The van der Waals surface area contributed by atoms with Gasteiger partial charge in [-0.05, 0) is 37.6 Å². The number of pyridine rings is 1. The molecule has 0 saturated carbocycles. The van der Waals surface area contributed by atoms with E-state index in [1.807, 2.05) is 26.0 Å². The van der Waals surface area contributed by atoms with Crippen molar-refractivity contribution in [3.8, 4) is 6.07 Å². The van der Waals surface area contributed by atoms with E-state index < -0.39 is 5.97 Å². The Morgan fingerprint density at radius 1 is 1.20 bits per heavy atom. The third kappa shape index (κ3) is 5.75. The van der Waals surface area contributed by atoms with Crippen molar-refractivity contribution in [2.24, 2.45) is 0 Å². The highest BCUT2D eigenvalue weighted by atomic mass is 35.5. The Bertz CT molecular complexity index is 1340. The summed E-state index contributed by atoms with van der Waals surface area (Å²) in [6, 6.07) is 8.57. The van der Waals surface area contributed by atoms with E-state index in [1.165, 1.54) is 11.0 Å². The monoisotopic (exact) mass is 495 g/mol. The summed E-state index contributed by atoms with van der Waals surface area (Å²) in [5, 5.41) is 22.5. The fourth-order valence-electron chi connectivity index (χ4n) is 3.61. The highest BCUT2D eigenvalue weighted by Crippen LogP contribution is 2.30. The predicted molar refractivity (Wildman–Crippen MR) is 134 cm³/mol. The number of nitrogens with one attached hydrogen (secondary N) is 1. The summed E-state index contributed by atoms with van der Waals surface area (Å²) < 4.78 is 0. The molecule has 0 fully saturated rings. The Hall–Kier alpha value is -3.97. The number of hydrogen-bond donors (Lipinski definition) is 2. The maximum atomic E-state index is 12.0. The Morgan fingerprint density at radius 3 is 2.54 bits per heavy atom. The number of rotatable bonds is 8. The molecule has 1 aromatic carbocycles. The number of aromatic nitrogens is 3. The van der Waals surface area contributed by atoms with Crippen LogP contribution in [0.25, 0.3) is 11.0 Å². The summed E-state index contributed by atoms with van der Waals surface area (Å²) >= 11 is 5.88. The zero-order chi connectivity index (χ0) is 25.9. The van der Waals surface area contributed by atoms with Crippen LogP contribution < -0.4 is 10.2 Å². The van der Waals surface area contributed by atoms with Crippen molar-refractivity contribution >= 4 is 46.0 Å². The molecule has 3 rings (SSSR count). The van der Waals surface area contributed by atoms with Crippen molar-refractivity contribution in [3.05, 3.63) is 51.9 Å². The number of fused-ring (bicyclic) bond motifs is 1. The van der Waals surface area contributed by atoms with Crippen molar-refractivity contribution in [3.63, 3.8) is 0 Å². The minimum absolute atomic E-state index is 0.0379. The summed E-state index contributed by atoms with van der Waals surface area (Å²) in [5.41, 5.74) is 3.06. The number of hydrogen-bond acceptors (Lipinski definition) is 8. The van der Waals surface area contributed by atoms with Crippen LogP contribution in [0.15, 0.2) is 24.3 Å². The second-order valence-corrected chi connectivity index (χ2v) is 8.78. The van der Waals surface area contributed by atoms with Crippen molar-refractivity contribution < 1.29 is 14.7 Å². The van der Waals surface area contributed by atoms with Crippen LogP contribution in [0.3, 0.4) is 0 Å². The number of carbonyl (C=O) groups excluding carboxylic acids is 1. The maximum Gasteiger partial charge on any atom is 0.356 e. The van der Waals surface area contributed by atoms with Crippen LogP contribution in [-0.2, 0) is 4.79 Å². The van der Waals surface area contributed by atoms with Crippen molar-refractivity contribution in [1.82, 2.24) is 19.9 Å². The second kappa shape index (κ2) is 10.5. The van der Waals surface area contributed by atoms with E-state index >= 15 is 0 Å². The van der Waals surface area contributed by atoms with Crippen molar-refractivity contribution in [2.45, 2.75) is 26.3 Å². The third-order valence-corrected chi connectivity index (χ3v) is 5.67. The summed E-state index contributed by atoms with van der Waals surface area (Å²) in [6.07, 6.45) is 0.258. The van der Waals surface area contributed by atoms with Crippen molar-refractivity contribution in [1.29, 1.82) is 5.26 Å². The van der Waals surface area contributed by atoms with Gasteiger partial charge in [-0.25, -0.2) is 19.7 Å². The lowest BCUT2D eigenvalue weighted by Crippen LogP contribution is -2.29. The molecule has 0 bridgehead atoms. The fraction of sp³-hybridized carbons (Fsp3) is 0.333. The molecule has 3 aromatic rings. The molecular weight excluding hydrogens is 470 g/mol. The van der Waals surface area contributed by atoms with Gasteiger partial charge >= 0.3 is 5.97 Å².